The number of benzene rings is 1. The fourth-order valence-electron chi connectivity index (χ4n) is 1.75. The van der Waals surface area contributed by atoms with Gasteiger partial charge in [-0.3, -0.25) is 4.79 Å². The van der Waals surface area contributed by atoms with Crippen LogP contribution in [0.5, 0.6) is 5.75 Å². The van der Waals surface area contributed by atoms with Crippen molar-refractivity contribution >= 4 is 5.97 Å². The summed E-state index contributed by atoms with van der Waals surface area (Å²) in [6, 6.07) is 6.64. The molecule has 1 heterocycles. The van der Waals surface area contributed by atoms with Crippen LogP contribution in [-0.4, -0.2) is 22.8 Å². The average molecular weight is 277 g/mol. The van der Waals surface area contributed by atoms with Gasteiger partial charge >= 0.3 is 5.97 Å². The molecule has 1 aromatic heterocycles. The van der Waals surface area contributed by atoms with E-state index in [-0.39, 0.29) is 17.7 Å². The number of carboxylic acids is 1. The van der Waals surface area contributed by atoms with Gasteiger partial charge in [-0.2, -0.15) is 0 Å². The lowest BCUT2D eigenvalue weighted by atomic mass is 10.2. The third-order valence-electron chi connectivity index (χ3n) is 2.83. The normalized spacial score (nSPS) is 10.3. The molecule has 0 saturated heterocycles. The molecule has 0 fully saturated rings. The highest BCUT2D eigenvalue weighted by Gasteiger charge is 2.09. The zero-order chi connectivity index (χ0) is 14.7. The highest BCUT2D eigenvalue weighted by Crippen LogP contribution is 2.16. The Kier molecular flexibility index (Phi) is 3.84. The first-order valence-corrected chi connectivity index (χ1v) is 5.77. The van der Waals surface area contributed by atoms with E-state index in [1.165, 1.54) is 31.5 Å². The van der Waals surface area contributed by atoms with E-state index in [0.29, 0.717) is 5.75 Å². The van der Waals surface area contributed by atoms with Crippen molar-refractivity contribution in [2.24, 2.45) is 0 Å². The summed E-state index contributed by atoms with van der Waals surface area (Å²) in [6.45, 7) is -0.0459. The number of methoxy groups -OCH3 is 1. The highest BCUT2D eigenvalue weighted by molar-refractivity contribution is 5.87. The van der Waals surface area contributed by atoms with Gasteiger partial charge in [0.1, 0.15) is 11.6 Å². The third-order valence-corrected chi connectivity index (χ3v) is 2.83. The third kappa shape index (κ3) is 2.85. The second-order valence-electron chi connectivity index (χ2n) is 4.15. The first-order chi connectivity index (χ1) is 9.51. The van der Waals surface area contributed by atoms with Crippen molar-refractivity contribution in [2.75, 3.05) is 7.11 Å². The molecular formula is C14H12FNO4. The van der Waals surface area contributed by atoms with Crippen LogP contribution >= 0.6 is 0 Å². The molecule has 0 saturated carbocycles. The van der Waals surface area contributed by atoms with Crippen LogP contribution in [0, 0.1) is 5.82 Å². The molecule has 0 amide bonds. The maximum absolute atomic E-state index is 13.8. The summed E-state index contributed by atoms with van der Waals surface area (Å²) in [6.07, 6.45) is 1.19. The van der Waals surface area contributed by atoms with E-state index in [1.54, 1.807) is 6.07 Å². The van der Waals surface area contributed by atoms with Crippen molar-refractivity contribution in [3.8, 4) is 5.75 Å². The van der Waals surface area contributed by atoms with E-state index >= 15 is 0 Å². The molecule has 0 aliphatic heterocycles. The summed E-state index contributed by atoms with van der Waals surface area (Å²) >= 11 is 0. The summed E-state index contributed by atoms with van der Waals surface area (Å²) in [4.78, 5) is 22.5. The van der Waals surface area contributed by atoms with E-state index in [4.69, 9.17) is 9.84 Å². The number of hydrogen-bond acceptors (Lipinski definition) is 3. The molecule has 0 atom stereocenters. The number of aromatic nitrogens is 1. The molecule has 5 nitrogen and oxygen atoms in total. The predicted octanol–water partition coefficient (Wildman–Crippen LogP) is 1.74. The average Bonchev–Trinajstić information content (AvgIpc) is 2.42. The van der Waals surface area contributed by atoms with Gasteiger partial charge in [0, 0.05) is 23.9 Å². The van der Waals surface area contributed by atoms with Crippen molar-refractivity contribution in [3.63, 3.8) is 0 Å². The lowest BCUT2D eigenvalue weighted by Gasteiger charge is -2.09. The molecule has 1 N–H and O–H groups in total. The second-order valence-corrected chi connectivity index (χ2v) is 4.15. The predicted molar refractivity (Wildman–Crippen MR) is 69.7 cm³/mol. The van der Waals surface area contributed by atoms with Crippen LogP contribution < -0.4 is 10.3 Å². The van der Waals surface area contributed by atoms with Crippen LogP contribution in [0.3, 0.4) is 0 Å². The van der Waals surface area contributed by atoms with Gasteiger partial charge in [-0.15, -0.1) is 0 Å². The minimum absolute atomic E-state index is 0.0291. The fourth-order valence-corrected chi connectivity index (χ4v) is 1.75. The molecule has 0 aliphatic carbocycles. The van der Waals surface area contributed by atoms with Gasteiger partial charge in [0.2, 0.25) is 0 Å². The minimum Gasteiger partial charge on any atom is -0.497 e. The Hall–Kier alpha value is -2.63. The van der Waals surface area contributed by atoms with Gasteiger partial charge in [0.15, 0.2) is 0 Å². The number of aromatic carboxylic acids is 1. The minimum atomic E-state index is -1.14. The van der Waals surface area contributed by atoms with E-state index < -0.39 is 17.3 Å². The largest absolute Gasteiger partial charge is 0.497 e. The molecule has 1 aromatic carbocycles. The van der Waals surface area contributed by atoms with Gasteiger partial charge in [-0.05, 0) is 12.1 Å². The summed E-state index contributed by atoms with van der Waals surface area (Å²) in [5, 5.41) is 8.88. The lowest BCUT2D eigenvalue weighted by Crippen LogP contribution is -2.21. The van der Waals surface area contributed by atoms with Crippen LogP contribution in [0.1, 0.15) is 15.9 Å². The van der Waals surface area contributed by atoms with Crippen LogP contribution in [-0.2, 0) is 6.54 Å². The standard InChI is InChI=1S/C14H12FNO4/c1-20-11-4-2-9(12(15)6-11)7-16-8-10(14(18)19)3-5-13(16)17/h2-6,8H,7H2,1H3,(H,18,19). The monoisotopic (exact) mass is 277 g/mol. The summed E-state index contributed by atoms with van der Waals surface area (Å²) in [5.74, 6) is -1.29. The van der Waals surface area contributed by atoms with E-state index in [2.05, 4.69) is 0 Å². The first-order valence-electron chi connectivity index (χ1n) is 5.77. The number of carboxylic acid groups (broad SMARTS) is 1. The topological polar surface area (TPSA) is 68.5 Å². The number of hydrogen-bond donors (Lipinski definition) is 1. The SMILES string of the molecule is COc1ccc(Cn2cc(C(=O)O)ccc2=O)c(F)c1. The quantitative estimate of drug-likeness (QED) is 0.924. The van der Waals surface area contributed by atoms with Crippen molar-refractivity contribution in [1.82, 2.24) is 4.57 Å². The zero-order valence-corrected chi connectivity index (χ0v) is 10.7. The zero-order valence-electron chi connectivity index (χ0n) is 10.7. The molecule has 0 bridgehead atoms. The number of ether oxygens (including phenoxy) is 1. The smallest absolute Gasteiger partial charge is 0.337 e. The van der Waals surface area contributed by atoms with Gasteiger partial charge in [-0.25, -0.2) is 9.18 Å². The molecule has 104 valence electrons. The Morgan fingerprint density at radius 1 is 1.35 bits per heavy atom. The van der Waals surface area contributed by atoms with Crippen LogP contribution in [0.2, 0.25) is 0 Å². The van der Waals surface area contributed by atoms with Crippen molar-refractivity contribution in [1.29, 1.82) is 0 Å². The maximum Gasteiger partial charge on any atom is 0.337 e. The summed E-state index contributed by atoms with van der Waals surface area (Å²) in [7, 11) is 1.43. The van der Waals surface area contributed by atoms with Gasteiger partial charge < -0.3 is 14.4 Å². The Balaban J connectivity index is 2.37. The number of nitrogens with zero attached hydrogens (tertiary/aromatic N) is 1. The highest BCUT2D eigenvalue weighted by atomic mass is 19.1. The van der Waals surface area contributed by atoms with Crippen molar-refractivity contribution < 1.29 is 19.0 Å². The van der Waals surface area contributed by atoms with E-state index in [0.717, 1.165) is 10.6 Å². The summed E-state index contributed by atoms with van der Waals surface area (Å²) in [5.41, 5.74) is -0.154. The second kappa shape index (κ2) is 5.56. The molecule has 20 heavy (non-hydrogen) atoms. The molecule has 0 unspecified atom stereocenters. The van der Waals surface area contributed by atoms with Gasteiger partial charge in [0.25, 0.3) is 5.56 Å². The van der Waals surface area contributed by atoms with Crippen LogP contribution in [0.25, 0.3) is 0 Å². The van der Waals surface area contributed by atoms with Crippen LogP contribution in [0.4, 0.5) is 4.39 Å². The molecule has 2 aromatic rings. The number of rotatable bonds is 4. The van der Waals surface area contributed by atoms with E-state index in [1.807, 2.05) is 0 Å². The van der Waals surface area contributed by atoms with Crippen molar-refractivity contribution in [2.45, 2.75) is 6.54 Å². The summed E-state index contributed by atoms with van der Waals surface area (Å²) < 4.78 is 19.8. The Labute approximate surface area is 113 Å². The van der Waals surface area contributed by atoms with E-state index in [9.17, 15) is 14.0 Å². The Bertz CT molecular complexity index is 709. The number of carbonyl (C=O) groups is 1. The van der Waals surface area contributed by atoms with Crippen LogP contribution in [0.15, 0.2) is 41.3 Å². The number of pyridine rings is 1. The van der Waals surface area contributed by atoms with Gasteiger partial charge in [-0.1, -0.05) is 6.07 Å². The lowest BCUT2D eigenvalue weighted by molar-refractivity contribution is 0.0696. The molecule has 0 aliphatic rings. The maximum atomic E-state index is 13.8. The number of halogens is 1. The molecule has 6 heteroatoms. The fraction of sp³-hybridized carbons (Fsp3) is 0.143. The molecule has 0 radical (unpaired) electrons. The first kappa shape index (κ1) is 13.8. The van der Waals surface area contributed by atoms with Gasteiger partial charge in [0.05, 0.1) is 19.2 Å². The molecule has 0 spiro atoms. The molecule has 2 rings (SSSR count). The Morgan fingerprint density at radius 3 is 2.70 bits per heavy atom. The molecular weight excluding hydrogens is 265 g/mol. The Morgan fingerprint density at radius 2 is 2.10 bits per heavy atom. The van der Waals surface area contributed by atoms with Crippen molar-refractivity contribution in [3.05, 3.63) is 63.8 Å².